The first-order chi connectivity index (χ1) is 8.74. The van der Waals surface area contributed by atoms with Gasteiger partial charge in [-0.2, -0.15) is 5.10 Å². The van der Waals surface area contributed by atoms with Crippen molar-refractivity contribution in [3.63, 3.8) is 0 Å². The maximum Gasteiger partial charge on any atom is 0.153 e. The van der Waals surface area contributed by atoms with Gasteiger partial charge in [-0.1, -0.05) is 24.3 Å². The van der Waals surface area contributed by atoms with Crippen LogP contribution in [-0.4, -0.2) is 9.78 Å². The highest BCUT2D eigenvalue weighted by molar-refractivity contribution is 5.89. The highest BCUT2D eigenvalue weighted by Gasteiger charge is 2.07. The van der Waals surface area contributed by atoms with Crippen molar-refractivity contribution in [3.05, 3.63) is 59.9 Å². The molecule has 0 saturated carbocycles. The Morgan fingerprint density at radius 1 is 1.11 bits per heavy atom. The Kier molecular flexibility index (Phi) is 2.48. The molecule has 0 radical (unpaired) electrons. The number of halogens is 1. The van der Waals surface area contributed by atoms with E-state index in [1.54, 1.807) is 10.7 Å². The topological polar surface area (TPSA) is 43.8 Å². The molecule has 3 nitrogen and oxygen atoms in total. The average Bonchev–Trinajstić information content (AvgIpc) is 2.67. The van der Waals surface area contributed by atoms with Gasteiger partial charge in [-0.3, -0.25) is 4.68 Å². The van der Waals surface area contributed by atoms with Crippen LogP contribution in [0.2, 0.25) is 0 Å². The van der Waals surface area contributed by atoms with E-state index in [1.165, 1.54) is 12.1 Å². The van der Waals surface area contributed by atoms with Crippen molar-refractivity contribution in [1.82, 2.24) is 9.78 Å². The molecule has 0 aliphatic heterocycles. The lowest BCUT2D eigenvalue weighted by atomic mass is 10.2. The van der Waals surface area contributed by atoms with Crippen LogP contribution < -0.4 is 5.73 Å². The predicted octanol–water partition coefficient (Wildman–Crippen LogP) is 2.81. The molecule has 4 heteroatoms. The zero-order valence-electron chi connectivity index (χ0n) is 9.68. The molecule has 0 aliphatic rings. The number of hydrogen-bond acceptors (Lipinski definition) is 2. The van der Waals surface area contributed by atoms with Crippen molar-refractivity contribution >= 4 is 16.7 Å². The molecule has 0 atom stereocenters. The molecule has 0 spiro atoms. The molecule has 0 aliphatic carbocycles. The minimum atomic E-state index is -0.239. The standard InChI is InChI=1S/C14H12FN3/c15-11-5-3-4-10(8-11)9-18-13-7-2-1-6-12(13)14(16)17-18/h1-8H,9H2,(H2,16,17). The first-order valence-corrected chi connectivity index (χ1v) is 5.69. The van der Waals surface area contributed by atoms with Crippen LogP contribution in [0.15, 0.2) is 48.5 Å². The third-order valence-corrected chi connectivity index (χ3v) is 2.91. The smallest absolute Gasteiger partial charge is 0.153 e. The van der Waals surface area contributed by atoms with Gasteiger partial charge in [-0.25, -0.2) is 4.39 Å². The SMILES string of the molecule is Nc1nn(Cc2cccc(F)c2)c2ccccc12. The number of nitrogens with zero attached hydrogens (tertiary/aromatic N) is 2. The second kappa shape index (κ2) is 4.14. The van der Waals surface area contributed by atoms with Crippen molar-refractivity contribution in [2.75, 3.05) is 5.73 Å². The van der Waals surface area contributed by atoms with Gasteiger partial charge >= 0.3 is 0 Å². The van der Waals surface area contributed by atoms with Gasteiger partial charge in [-0.15, -0.1) is 0 Å². The zero-order valence-corrected chi connectivity index (χ0v) is 9.68. The highest BCUT2D eigenvalue weighted by atomic mass is 19.1. The Morgan fingerprint density at radius 3 is 2.78 bits per heavy atom. The first kappa shape index (κ1) is 10.8. The molecule has 1 heterocycles. The molecular formula is C14H12FN3. The van der Waals surface area contributed by atoms with Crippen LogP contribution in [0, 0.1) is 5.82 Å². The van der Waals surface area contributed by atoms with E-state index in [0.717, 1.165) is 16.5 Å². The largest absolute Gasteiger partial charge is 0.382 e. The molecule has 0 amide bonds. The molecule has 2 N–H and O–H groups in total. The Bertz CT molecular complexity index is 703. The average molecular weight is 241 g/mol. The summed E-state index contributed by atoms with van der Waals surface area (Å²) in [6.07, 6.45) is 0. The number of anilines is 1. The summed E-state index contributed by atoms with van der Waals surface area (Å²) in [4.78, 5) is 0. The van der Waals surface area contributed by atoms with Gasteiger partial charge in [0.05, 0.1) is 12.1 Å². The molecule has 3 rings (SSSR count). The van der Waals surface area contributed by atoms with E-state index in [9.17, 15) is 4.39 Å². The molecule has 0 bridgehead atoms. The Labute approximate surface area is 104 Å². The second-order valence-electron chi connectivity index (χ2n) is 4.19. The van der Waals surface area contributed by atoms with Crippen molar-refractivity contribution in [2.45, 2.75) is 6.54 Å². The van der Waals surface area contributed by atoms with Crippen LogP contribution in [-0.2, 0) is 6.54 Å². The lowest BCUT2D eigenvalue weighted by Crippen LogP contribution is -2.02. The van der Waals surface area contributed by atoms with E-state index >= 15 is 0 Å². The van der Waals surface area contributed by atoms with Crippen LogP contribution in [0.1, 0.15) is 5.56 Å². The summed E-state index contributed by atoms with van der Waals surface area (Å²) in [5.74, 6) is 0.263. The quantitative estimate of drug-likeness (QED) is 0.749. The van der Waals surface area contributed by atoms with Gasteiger partial charge in [0.2, 0.25) is 0 Å². The van der Waals surface area contributed by atoms with Crippen molar-refractivity contribution in [2.24, 2.45) is 0 Å². The first-order valence-electron chi connectivity index (χ1n) is 5.69. The summed E-state index contributed by atoms with van der Waals surface area (Å²) < 4.78 is 14.9. The van der Waals surface area contributed by atoms with Crippen LogP contribution in [0.5, 0.6) is 0 Å². The van der Waals surface area contributed by atoms with E-state index in [4.69, 9.17) is 5.73 Å². The van der Waals surface area contributed by atoms with E-state index in [-0.39, 0.29) is 5.82 Å². The summed E-state index contributed by atoms with van der Waals surface area (Å²) >= 11 is 0. The Morgan fingerprint density at radius 2 is 1.94 bits per heavy atom. The Balaban J connectivity index is 2.05. The van der Waals surface area contributed by atoms with Crippen LogP contribution >= 0.6 is 0 Å². The van der Waals surface area contributed by atoms with Gasteiger partial charge in [0.25, 0.3) is 0 Å². The summed E-state index contributed by atoms with van der Waals surface area (Å²) in [5.41, 5.74) is 7.68. The van der Waals surface area contributed by atoms with Gasteiger partial charge in [0, 0.05) is 5.39 Å². The van der Waals surface area contributed by atoms with E-state index in [0.29, 0.717) is 12.4 Å². The van der Waals surface area contributed by atoms with Crippen molar-refractivity contribution in [1.29, 1.82) is 0 Å². The van der Waals surface area contributed by atoms with Crippen molar-refractivity contribution < 1.29 is 4.39 Å². The van der Waals surface area contributed by atoms with Gasteiger partial charge < -0.3 is 5.73 Å². The maximum absolute atomic E-state index is 13.1. The minimum absolute atomic E-state index is 0.239. The van der Waals surface area contributed by atoms with Crippen molar-refractivity contribution in [3.8, 4) is 0 Å². The third-order valence-electron chi connectivity index (χ3n) is 2.91. The minimum Gasteiger partial charge on any atom is -0.382 e. The summed E-state index contributed by atoms with van der Waals surface area (Å²) in [6.45, 7) is 0.509. The van der Waals surface area contributed by atoms with Gasteiger partial charge in [-0.05, 0) is 29.8 Å². The highest BCUT2D eigenvalue weighted by Crippen LogP contribution is 2.20. The molecule has 2 aromatic carbocycles. The number of para-hydroxylation sites is 1. The molecule has 18 heavy (non-hydrogen) atoms. The second-order valence-corrected chi connectivity index (χ2v) is 4.19. The maximum atomic E-state index is 13.1. The van der Waals surface area contributed by atoms with Gasteiger partial charge in [0.15, 0.2) is 5.82 Å². The van der Waals surface area contributed by atoms with Crippen LogP contribution in [0.25, 0.3) is 10.9 Å². The number of fused-ring (bicyclic) bond motifs is 1. The molecule has 90 valence electrons. The Hall–Kier alpha value is -2.36. The monoisotopic (exact) mass is 241 g/mol. The lowest BCUT2D eigenvalue weighted by molar-refractivity contribution is 0.621. The number of nitrogens with two attached hydrogens (primary N) is 1. The summed E-state index contributed by atoms with van der Waals surface area (Å²) in [7, 11) is 0. The van der Waals surface area contributed by atoms with Gasteiger partial charge in [0.1, 0.15) is 5.82 Å². The van der Waals surface area contributed by atoms with E-state index in [2.05, 4.69) is 5.10 Å². The normalized spacial score (nSPS) is 10.9. The molecule has 1 aromatic heterocycles. The fraction of sp³-hybridized carbons (Fsp3) is 0.0714. The van der Waals surface area contributed by atoms with E-state index < -0.39 is 0 Å². The summed E-state index contributed by atoms with van der Waals surface area (Å²) in [6, 6.07) is 14.2. The molecule has 0 saturated heterocycles. The number of aromatic nitrogens is 2. The summed E-state index contributed by atoms with van der Waals surface area (Å²) in [5, 5.41) is 5.21. The van der Waals surface area contributed by atoms with Crippen LogP contribution in [0.3, 0.4) is 0 Å². The third kappa shape index (κ3) is 1.82. The van der Waals surface area contributed by atoms with Crippen LogP contribution in [0.4, 0.5) is 10.2 Å². The van der Waals surface area contributed by atoms with E-state index in [1.807, 2.05) is 30.3 Å². The number of nitrogen functional groups attached to an aromatic ring is 1. The zero-order chi connectivity index (χ0) is 12.5. The predicted molar refractivity (Wildman–Crippen MR) is 69.6 cm³/mol. The molecule has 0 unspecified atom stereocenters. The lowest BCUT2D eigenvalue weighted by Gasteiger charge is -2.03. The number of rotatable bonds is 2. The molecular weight excluding hydrogens is 229 g/mol. The fourth-order valence-corrected chi connectivity index (χ4v) is 2.08. The fourth-order valence-electron chi connectivity index (χ4n) is 2.08. The number of hydrogen-bond donors (Lipinski definition) is 1. The molecule has 3 aromatic rings. The molecule has 0 fully saturated rings. The number of benzene rings is 2.